The normalized spacial score (nSPS) is 15.9. The average Bonchev–Trinajstić information content (AvgIpc) is 3.24. The minimum Gasteiger partial charge on any atom is -0.495 e. The number of rotatable bonds is 8. The van der Waals surface area contributed by atoms with Crippen LogP contribution in [0.15, 0.2) is 41.3 Å². The highest BCUT2D eigenvalue weighted by Gasteiger charge is 2.25. The van der Waals surface area contributed by atoms with Crippen LogP contribution in [0.2, 0.25) is 0 Å². The van der Waals surface area contributed by atoms with Gasteiger partial charge >= 0.3 is 0 Å². The van der Waals surface area contributed by atoms with Gasteiger partial charge in [-0.25, -0.2) is 13.1 Å². The largest absolute Gasteiger partial charge is 0.495 e. The van der Waals surface area contributed by atoms with Crippen LogP contribution in [0.25, 0.3) is 0 Å². The number of sulfonamides is 1. The third-order valence-electron chi connectivity index (χ3n) is 6.10. The molecule has 2 aliphatic rings. The number of nitrogens with zero attached hydrogens (tertiary/aromatic N) is 1. The molecular formula is C24H29N3O5S. The van der Waals surface area contributed by atoms with Crippen molar-refractivity contribution in [1.82, 2.24) is 4.72 Å². The van der Waals surface area contributed by atoms with Gasteiger partial charge in [0.2, 0.25) is 21.8 Å². The molecule has 33 heavy (non-hydrogen) atoms. The number of anilines is 2. The van der Waals surface area contributed by atoms with Crippen molar-refractivity contribution in [3.63, 3.8) is 0 Å². The van der Waals surface area contributed by atoms with Gasteiger partial charge in [0.05, 0.1) is 17.7 Å². The van der Waals surface area contributed by atoms with Crippen molar-refractivity contribution in [3.8, 4) is 5.75 Å². The second-order valence-electron chi connectivity index (χ2n) is 8.37. The standard InChI is InChI=1S/C24H29N3O5S/c1-32-22-11-9-19(16-21(22)27-14-4-7-24(27)29)26-23(28)12-13-25-33(30,31)20-10-8-17-5-2-3-6-18(17)15-20/h8-11,15-16,25H,2-7,12-14H2,1H3,(H,26,28). The van der Waals surface area contributed by atoms with E-state index in [1.807, 2.05) is 6.07 Å². The first kappa shape index (κ1) is 23.3. The van der Waals surface area contributed by atoms with Crippen molar-refractivity contribution in [2.75, 3.05) is 30.4 Å². The number of ether oxygens (including phenoxy) is 1. The van der Waals surface area contributed by atoms with Crippen molar-refractivity contribution in [3.05, 3.63) is 47.5 Å². The first-order valence-corrected chi connectivity index (χ1v) is 12.8. The Hall–Kier alpha value is -2.91. The number of amides is 2. The van der Waals surface area contributed by atoms with E-state index in [0.29, 0.717) is 30.1 Å². The van der Waals surface area contributed by atoms with E-state index in [-0.39, 0.29) is 29.7 Å². The Balaban J connectivity index is 1.35. The molecule has 0 atom stereocenters. The summed E-state index contributed by atoms with van der Waals surface area (Å²) in [5.74, 6) is 0.251. The summed E-state index contributed by atoms with van der Waals surface area (Å²) < 4.78 is 33.2. The van der Waals surface area contributed by atoms with Gasteiger partial charge in [-0.2, -0.15) is 0 Å². The minimum absolute atomic E-state index is 0.0150. The predicted octanol–water partition coefficient (Wildman–Crippen LogP) is 3.01. The molecule has 8 nitrogen and oxygen atoms in total. The summed E-state index contributed by atoms with van der Waals surface area (Å²) in [5, 5.41) is 2.77. The lowest BCUT2D eigenvalue weighted by Gasteiger charge is -2.20. The van der Waals surface area contributed by atoms with Crippen molar-refractivity contribution in [2.24, 2.45) is 0 Å². The molecule has 2 amide bonds. The van der Waals surface area contributed by atoms with Gasteiger partial charge in [0.1, 0.15) is 5.75 Å². The molecule has 0 spiro atoms. The Morgan fingerprint density at radius 3 is 2.55 bits per heavy atom. The molecular weight excluding hydrogens is 442 g/mol. The fourth-order valence-electron chi connectivity index (χ4n) is 4.36. The van der Waals surface area contributed by atoms with Gasteiger partial charge in [0.25, 0.3) is 0 Å². The summed E-state index contributed by atoms with van der Waals surface area (Å²) >= 11 is 0. The number of hydrogen-bond donors (Lipinski definition) is 2. The number of hydrogen-bond acceptors (Lipinski definition) is 5. The molecule has 1 heterocycles. The lowest BCUT2D eigenvalue weighted by molar-refractivity contribution is -0.117. The Morgan fingerprint density at radius 2 is 1.82 bits per heavy atom. The van der Waals surface area contributed by atoms with E-state index >= 15 is 0 Å². The molecule has 0 bridgehead atoms. The molecule has 1 fully saturated rings. The molecule has 1 aliphatic carbocycles. The molecule has 1 aliphatic heterocycles. The highest BCUT2D eigenvalue weighted by atomic mass is 32.2. The minimum atomic E-state index is -3.69. The molecule has 0 unspecified atom stereocenters. The van der Waals surface area contributed by atoms with Crippen LogP contribution < -0.4 is 19.7 Å². The topological polar surface area (TPSA) is 105 Å². The van der Waals surface area contributed by atoms with E-state index in [9.17, 15) is 18.0 Å². The molecule has 0 saturated carbocycles. The van der Waals surface area contributed by atoms with Crippen LogP contribution in [0.4, 0.5) is 11.4 Å². The Bertz CT molecular complexity index is 1160. The van der Waals surface area contributed by atoms with Gasteiger partial charge in [-0.15, -0.1) is 0 Å². The first-order valence-electron chi connectivity index (χ1n) is 11.3. The number of carbonyl (C=O) groups excluding carboxylic acids is 2. The summed E-state index contributed by atoms with van der Waals surface area (Å²) in [6, 6.07) is 10.4. The van der Waals surface area contributed by atoms with E-state index in [1.165, 1.54) is 12.7 Å². The maximum absolute atomic E-state index is 12.7. The molecule has 176 valence electrons. The zero-order valence-electron chi connectivity index (χ0n) is 18.7. The van der Waals surface area contributed by atoms with Crippen molar-refractivity contribution in [2.45, 2.75) is 49.8 Å². The fraction of sp³-hybridized carbons (Fsp3) is 0.417. The average molecular weight is 472 g/mol. The Morgan fingerprint density at radius 1 is 1.03 bits per heavy atom. The second kappa shape index (κ2) is 9.93. The van der Waals surface area contributed by atoms with Crippen LogP contribution in [0, 0.1) is 0 Å². The van der Waals surface area contributed by atoms with Crippen LogP contribution in [0.3, 0.4) is 0 Å². The number of carbonyl (C=O) groups is 2. The van der Waals surface area contributed by atoms with Crippen molar-refractivity contribution in [1.29, 1.82) is 0 Å². The summed E-state index contributed by atoms with van der Waals surface area (Å²) in [6.45, 7) is 0.593. The molecule has 2 aromatic carbocycles. The maximum Gasteiger partial charge on any atom is 0.240 e. The Labute approximate surface area is 194 Å². The number of methoxy groups -OCH3 is 1. The van der Waals surface area contributed by atoms with Crippen molar-refractivity contribution >= 4 is 33.2 Å². The van der Waals surface area contributed by atoms with E-state index in [0.717, 1.165) is 37.7 Å². The van der Waals surface area contributed by atoms with Gasteiger partial charge in [0, 0.05) is 31.6 Å². The molecule has 2 N–H and O–H groups in total. The molecule has 0 aromatic heterocycles. The van der Waals surface area contributed by atoms with E-state index < -0.39 is 10.0 Å². The maximum atomic E-state index is 12.7. The van der Waals surface area contributed by atoms with E-state index in [2.05, 4.69) is 10.0 Å². The summed E-state index contributed by atoms with van der Waals surface area (Å²) in [4.78, 5) is 26.4. The van der Waals surface area contributed by atoms with Crippen LogP contribution in [0.1, 0.15) is 43.2 Å². The highest BCUT2D eigenvalue weighted by molar-refractivity contribution is 7.89. The van der Waals surface area contributed by atoms with Gasteiger partial charge < -0.3 is 15.0 Å². The smallest absolute Gasteiger partial charge is 0.240 e. The van der Waals surface area contributed by atoms with Crippen LogP contribution in [-0.4, -0.2) is 40.4 Å². The lowest BCUT2D eigenvalue weighted by Crippen LogP contribution is -2.28. The van der Waals surface area contributed by atoms with Crippen LogP contribution in [0.5, 0.6) is 5.75 Å². The quantitative estimate of drug-likeness (QED) is 0.616. The number of nitrogens with one attached hydrogen (secondary N) is 2. The number of fused-ring (bicyclic) bond motifs is 1. The zero-order valence-corrected chi connectivity index (χ0v) is 19.5. The van der Waals surface area contributed by atoms with Crippen LogP contribution >= 0.6 is 0 Å². The predicted molar refractivity (Wildman–Crippen MR) is 126 cm³/mol. The summed E-state index contributed by atoms with van der Waals surface area (Å²) in [6.07, 6.45) is 5.34. The second-order valence-corrected chi connectivity index (χ2v) is 10.1. The molecule has 9 heteroatoms. The van der Waals surface area contributed by atoms with Crippen molar-refractivity contribution < 1.29 is 22.7 Å². The van der Waals surface area contributed by atoms with Gasteiger partial charge in [-0.05, 0) is 73.6 Å². The first-order chi connectivity index (χ1) is 15.9. The third-order valence-corrected chi connectivity index (χ3v) is 7.56. The Kier molecular flexibility index (Phi) is 6.99. The summed E-state index contributed by atoms with van der Waals surface area (Å²) in [7, 11) is -2.15. The van der Waals surface area contributed by atoms with E-state index in [4.69, 9.17) is 4.74 Å². The molecule has 0 radical (unpaired) electrons. The zero-order chi connectivity index (χ0) is 23.4. The lowest BCUT2D eigenvalue weighted by atomic mass is 9.92. The monoisotopic (exact) mass is 471 g/mol. The molecule has 4 rings (SSSR count). The highest BCUT2D eigenvalue weighted by Crippen LogP contribution is 2.34. The summed E-state index contributed by atoms with van der Waals surface area (Å²) in [5.41, 5.74) is 3.45. The van der Waals surface area contributed by atoms with Gasteiger partial charge in [-0.1, -0.05) is 6.07 Å². The van der Waals surface area contributed by atoms with Gasteiger partial charge in [0.15, 0.2) is 0 Å². The fourth-order valence-corrected chi connectivity index (χ4v) is 5.45. The number of aryl methyl sites for hydroxylation is 2. The third kappa shape index (κ3) is 5.36. The van der Waals surface area contributed by atoms with Crippen LogP contribution in [-0.2, 0) is 32.5 Å². The van der Waals surface area contributed by atoms with E-state index in [1.54, 1.807) is 35.2 Å². The van der Waals surface area contributed by atoms with Gasteiger partial charge in [-0.3, -0.25) is 9.59 Å². The number of benzene rings is 2. The molecule has 2 aromatic rings. The SMILES string of the molecule is COc1ccc(NC(=O)CCNS(=O)(=O)c2ccc3c(c2)CCCC3)cc1N1CCCC1=O. The molecule has 1 saturated heterocycles.